The van der Waals surface area contributed by atoms with Crippen LogP contribution in [0, 0.1) is 17.5 Å². The van der Waals surface area contributed by atoms with Crippen molar-refractivity contribution in [2.24, 2.45) is 10.4 Å². The number of hydrogen-bond donors (Lipinski definition) is 0. The molecule has 4 aromatic rings. The largest absolute Gasteiger partial charge is 2.00 e. The van der Waals surface area contributed by atoms with E-state index in [0.29, 0.717) is 24.0 Å². The van der Waals surface area contributed by atoms with E-state index in [1.807, 2.05) is 12.3 Å². The second-order valence-electron chi connectivity index (χ2n) is 15.9. The fourth-order valence-corrected chi connectivity index (χ4v) is 6.12. The number of nitrogens with zero attached hydrogens (tertiary/aromatic N) is 3. The summed E-state index contributed by atoms with van der Waals surface area (Å²) >= 11 is 0. The van der Waals surface area contributed by atoms with Crippen LogP contribution in [0.3, 0.4) is 0 Å². The number of pyridine rings is 1. The minimum Gasteiger partial charge on any atom is -0.518 e. The molecule has 1 atom stereocenters. The number of ether oxygens (including phenoxy) is 2. The second kappa shape index (κ2) is 12.2. The van der Waals surface area contributed by atoms with Crippen molar-refractivity contribution in [3.05, 3.63) is 107 Å². The van der Waals surface area contributed by atoms with Gasteiger partial charge in [0.25, 0.3) is 0 Å². The molecule has 248 valence electrons. The van der Waals surface area contributed by atoms with Gasteiger partial charge in [-0.1, -0.05) is 111 Å². The van der Waals surface area contributed by atoms with Crippen LogP contribution in [0.2, 0.25) is 0 Å². The van der Waals surface area contributed by atoms with Crippen LogP contribution in [0.5, 0.6) is 11.5 Å². The zero-order valence-corrected chi connectivity index (χ0v) is 31.9. The smallest absolute Gasteiger partial charge is 0.518 e. The third-order valence-electron chi connectivity index (χ3n) is 9.89. The number of hydrogen-bond acceptors (Lipinski definition) is 5. The molecule has 0 unspecified atom stereocenters. The van der Waals surface area contributed by atoms with E-state index in [-0.39, 0.29) is 48.8 Å². The first kappa shape index (κ1) is 34.9. The number of fused-ring (bicyclic) bond motifs is 2. The van der Waals surface area contributed by atoms with Gasteiger partial charge in [0, 0.05) is 23.4 Å². The van der Waals surface area contributed by atoms with Crippen molar-refractivity contribution in [1.29, 1.82) is 0 Å². The Morgan fingerprint density at radius 3 is 2.26 bits per heavy atom. The molecule has 0 N–H and O–H groups in total. The van der Waals surface area contributed by atoms with Crippen molar-refractivity contribution in [2.45, 2.75) is 98.4 Å². The van der Waals surface area contributed by atoms with E-state index in [0.717, 1.165) is 33.9 Å². The second-order valence-corrected chi connectivity index (χ2v) is 15.9. The molecule has 0 radical (unpaired) electrons. The minimum atomic E-state index is -0.317. The van der Waals surface area contributed by atoms with E-state index in [2.05, 4.69) is 148 Å². The topological polar surface area (TPSA) is 47.0 Å². The molecule has 0 aliphatic carbocycles. The molecule has 3 aromatic carbocycles. The molecule has 3 heterocycles. The maximum absolute atomic E-state index is 6.60. The molecule has 47 heavy (non-hydrogen) atoms. The predicted molar refractivity (Wildman–Crippen MR) is 188 cm³/mol. The standard InChI is InChI=1S/C41H47N3O2.Pt/c1-26(2)27-20-28(37-43-41(11,25-45-37)39(6,7)8)22-31(21-27)46-30-16-17-33-35(24-30)44(34-15-13-12-14-32(34)40(33,9)10)36-23-29(18-19-42-36)38(3,4)5;/h12-21,23,26H,25H2,1-11H3;/q-2;+2/t41-;/m0./s1. The zero-order chi connectivity index (χ0) is 33.2. The Morgan fingerprint density at radius 1 is 0.872 bits per heavy atom. The number of aliphatic imine (C=N–C) groups is 1. The van der Waals surface area contributed by atoms with Crippen LogP contribution >= 0.6 is 0 Å². The average Bonchev–Trinajstić information content (AvgIpc) is 3.40. The monoisotopic (exact) mass is 808 g/mol. The third-order valence-corrected chi connectivity index (χ3v) is 9.89. The molecular weight excluding hydrogens is 762 g/mol. The summed E-state index contributed by atoms with van der Waals surface area (Å²) in [6, 6.07) is 28.4. The molecule has 1 aromatic heterocycles. The maximum atomic E-state index is 6.60. The van der Waals surface area contributed by atoms with Gasteiger partial charge in [0.15, 0.2) is 0 Å². The molecule has 6 rings (SSSR count). The van der Waals surface area contributed by atoms with Crippen LogP contribution in [-0.2, 0) is 36.6 Å². The van der Waals surface area contributed by atoms with Gasteiger partial charge in [0.05, 0.1) is 5.54 Å². The van der Waals surface area contributed by atoms with E-state index in [1.54, 1.807) is 0 Å². The number of aromatic nitrogens is 1. The molecule has 0 fully saturated rings. The molecule has 0 saturated carbocycles. The van der Waals surface area contributed by atoms with Gasteiger partial charge < -0.3 is 14.4 Å². The van der Waals surface area contributed by atoms with Gasteiger partial charge in [-0.2, -0.15) is 6.07 Å². The van der Waals surface area contributed by atoms with Gasteiger partial charge in [-0.3, -0.25) is 4.99 Å². The van der Waals surface area contributed by atoms with Crippen LogP contribution in [-0.4, -0.2) is 23.0 Å². The van der Waals surface area contributed by atoms with Crippen molar-refractivity contribution < 1.29 is 30.5 Å². The Bertz CT molecular complexity index is 1830. The van der Waals surface area contributed by atoms with Gasteiger partial charge in [-0.05, 0) is 58.4 Å². The molecule has 0 bridgehead atoms. The Kier molecular flexibility index (Phi) is 9.08. The van der Waals surface area contributed by atoms with E-state index >= 15 is 0 Å². The SMILES string of the molecule is CC(C)c1cc(Oc2[c-]c3c(cc2)C(C)(C)c2ccccc2N3c2cc(C(C)(C)C)ccn2)[c-]c(C2=N[C@](C)(C(C)(C)C)CO2)c1.[Pt+2]. The van der Waals surface area contributed by atoms with Crippen LogP contribution < -0.4 is 9.64 Å². The minimum absolute atomic E-state index is 0. The van der Waals surface area contributed by atoms with Crippen molar-refractivity contribution >= 4 is 23.1 Å². The Morgan fingerprint density at radius 2 is 1.60 bits per heavy atom. The maximum Gasteiger partial charge on any atom is 2.00 e. The molecule has 6 heteroatoms. The molecule has 5 nitrogen and oxygen atoms in total. The van der Waals surface area contributed by atoms with Crippen LogP contribution in [0.25, 0.3) is 0 Å². The van der Waals surface area contributed by atoms with Crippen LogP contribution in [0.15, 0.2) is 71.9 Å². The zero-order valence-electron chi connectivity index (χ0n) is 29.6. The summed E-state index contributed by atoms with van der Waals surface area (Å²) in [5.41, 5.74) is 7.00. The Balaban J connectivity index is 0.00000433. The van der Waals surface area contributed by atoms with Gasteiger partial charge >= 0.3 is 21.1 Å². The fourth-order valence-electron chi connectivity index (χ4n) is 6.12. The number of rotatable bonds is 5. The third kappa shape index (κ3) is 6.41. The van der Waals surface area contributed by atoms with Gasteiger partial charge in [-0.15, -0.1) is 29.3 Å². The summed E-state index contributed by atoms with van der Waals surface area (Å²) in [4.78, 5) is 12.2. The quantitative estimate of drug-likeness (QED) is 0.189. The van der Waals surface area contributed by atoms with E-state index in [4.69, 9.17) is 19.5 Å². The first-order valence-electron chi connectivity index (χ1n) is 16.4. The first-order valence-corrected chi connectivity index (χ1v) is 16.4. The summed E-state index contributed by atoms with van der Waals surface area (Å²) in [7, 11) is 0. The van der Waals surface area contributed by atoms with E-state index in [9.17, 15) is 0 Å². The summed E-state index contributed by atoms with van der Waals surface area (Å²) in [6.45, 7) is 24.9. The van der Waals surface area contributed by atoms with Gasteiger partial charge in [-0.25, -0.2) is 4.98 Å². The van der Waals surface area contributed by atoms with Crippen molar-refractivity contribution in [1.82, 2.24) is 4.98 Å². The van der Waals surface area contributed by atoms with E-state index in [1.165, 1.54) is 11.1 Å². The number of para-hydroxylation sites is 1. The molecule has 0 spiro atoms. The average molecular weight is 809 g/mol. The summed E-state index contributed by atoms with van der Waals surface area (Å²) < 4.78 is 12.8. The first-order chi connectivity index (χ1) is 21.5. The van der Waals surface area contributed by atoms with E-state index < -0.39 is 0 Å². The number of benzene rings is 3. The van der Waals surface area contributed by atoms with Crippen molar-refractivity contribution in [3.63, 3.8) is 0 Å². The molecule has 2 aliphatic heterocycles. The fraction of sp³-hybridized carbons (Fsp3) is 0.415. The van der Waals surface area contributed by atoms with Crippen molar-refractivity contribution in [3.8, 4) is 11.5 Å². The molecular formula is C41H47N3O2Pt. The van der Waals surface area contributed by atoms with Crippen molar-refractivity contribution in [2.75, 3.05) is 11.5 Å². The number of anilines is 3. The summed E-state index contributed by atoms with van der Waals surface area (Å²) in [5, 5.41) is 0. The normalized spacial score (nSPS) is 18.6. The van der Waals surface area contributed by atoms with Gasteiger partial charge in [0.1, 0.15) is 18.3 Å². The molecule has 0 amide bonds. The summed E-state index contributed by atoms with van der Waals surface area (Å²) in [6.07, 6.45) is 1.91. The summed E-state index contributed by atoms with van der Waals surface area (Å²) in [5.74, 6) is 2.99. The molecule has 2 aliphatic rings. The predicted octanol–water partition coefficient (Wildman–Crippen LogP) is 10.6. The van der Waals surface area contributed by atoms with Gasteiger partial charge in [0.2, 0.25) is 0 Å². The van der Waals surface area contributed by atoms with Crippen LogP contribution in [0.1, 0.15) is 110 Å². The van der Waals surface area contributed by atoms with Crippen LogP contribution in [0.4, 0.5) is 17.2 Å². The molecule has 0 saturated heterocycles. The Hall–Kier alpha value is -3.43. The Labute approximate surface area is 296 Å².